The molecule has 0 heterocycles. The Morgan fingerprint density at radius 3 is 2.30 bits per heavy atom. The Kier molecular flexibility index (Phi) is 4.09. The number of anilines is 2. The van der Waals surface area contributed by atoms with E-state index in [-0.39, 0.29) is 17.9 Å². The highest BCUT2D eigenvalue weighted by Crippen LogP contribution is 2.36. The second-order valence-corrected chi connectivity index (χ2v) is 4.72. The molecule has 0 amide bonds. The number of alkyl halides is 3. The van der Waals surface area contributed by atoms with Crippen molar-refractivity contribution in [3.8, 4) is 0 Å². The van der Waals surface area contributed by atoms with Crippen LogP contribution in [0.2, 0.25) is 5.02 Å². The molecular weight excluding hydrogens is 289 g/mol. The third-order valence-corrected chi connectivity index (χ3v) is 3.00. The Morgan fingerprint density at radius 1 is 1.05 bits per heavy atom. The highest BCUT2D eigenvalue weighted by atomic mass is 35.5. The molecule has 3 N–H and O–H groups in total. The van der Waals surface area contributed by atoms with Crippen LogP contribution in [-0.2, 0) is 12.7 Å². The molecule has 2 aromatic carbocycles. The summed E-state index contributed by atoms with van der Waals surface area (Å²) in [6, 6.07) is 10.6. The average Bonchev–Trinajstić information content (AvgIpc) is 2.38. The van der Waals surface area contributed by atoms with E-state index in [4.69, 9.17) is 17.3 Å². The van der Waals surface area contributed by atoms with Crippen LogP contribution in [-0.4, -0.2) is 0 Å². The van der Waals surface area contributed by atoms with Gasteiger partial charge < -0.3 is 11.1 Å². The van der Waals surface area contributed by atoms with Crippen LogP contribution in [0.25, 0.3) is 0 Å². The van der Waals surface area contributed by atoms with E-state index in [1.807, 2.05) is 0 Å². The first-order valence-corrected chi connectivity index (χ1v) is 6.19. The van der Waals surface area contributed by atoms with Crippen molar-refractivity contribution in [2.45, 2.75) is 12.7 Å². The minimum Gasteiger partial charge on any atom is -0.399 e. The van der Waals surface area contributed by atoms with Crippen LogP contribution in [0.15, 0.2) is 42.5 Å². The van der Waals surface area contributed by atoms with Gasteiger partial charge in [0.1, 0.15) is 0 Å². The van der Waals surface area contributed by atoms with E-state index >= 15 is 0 Å². The molecule has 2 rings (SSSR count). The molecule has 0 saturated heterocycles. The number of hydrogen-bond acceptors (Lipinski definition) is 2. The molecule has 20 heavy (non-hydrogen) atoms. The molecule has 0 aromatic heterocycles. The first-order valence-electron chi connectivity index (χ1n) is 5.81. The second-order valence-electron chi connectivity index (χ2n) is 4.28. The van der Waals surface area contributed by atoms with Crippen molar-refractivity contribution in [1.29, 1.82) is 0 Å². The fourth-order valence-corrected chi connectivity index (χ4v) is 1.88. The van der Waals surface area contributed by atoms with Gasteiger partial charge in [0.05, 0.1) is 5.56 Å². The summed E-state index contributed by atoms with van der Waals surface area (Å²) in [6.07, 6.45) is -4.45. The Balaban J connectivity index is 2.19. The molecule has 0 radical (unpaired) electrons. The van der Waals surface area contributed by atoms with E-state index in [1.54, 1.807) is 24.3 Å². The Labute approximate surface area is 119 Å². The van der Waals surface area contributed by atoms with Crippen LogP contribution >= 0.6 is 11.6 Å². The summed E-state index contributed by atoms with van der Waals surface area (Å²) in [4.78, 5) is 0. The zero-order valence-electron chi connectivity index (χ0n) is 10.3. The standard InChI is InChI=1S/C14H12ClF3N2/c15-10-3-1-9(2-4-10)8-20-13-6-5-11(19)7-12(13)14(16,17)18/h1-7,20H,8,19H2. The topological polar surface area (TPSA) is 38.0 Å². The van der Waals surface area contributed by atoms with Crippen LogP contribution in [0.5, 0.6) is 0 Å². The molecule has 0 aliphatic carbocycles. The second kappa shape index (κ2) is 5.63. The van der Waals surface area contributed by atoms with Gasteiger partial charge in [-0.2, -0.15) is 13.2 Å². The summed E-state index contributed by atoms with van der Waals surface area (Å²) in [7, 11) is 0. The first kappa shape index (κ1) is 14.5. The molecule has 0 bridgehead atoms. The quantitative estimate of drug-likeness (QED) is 0.816. The van der Waals surface area contributed by atoms with E-state index in [0.717, 1.165) is 11.6 Å². The molecule has 0 saturated carbocycles. The number of rotatable bonds is 3. The van der Waals surface area contributed by atoms with E-state index in [1.165, 1.54) is 12.1 Å². The van der Waals surface area contributed by atoms with Crippen LogP contribution < -0.4 is 11.1 Å². The van der Waals surface area contributed by atoms with Gasteiger partial charge in [0.2, 0.25) is 0 Å². The number of hydrogen-bond donors (Lipinski definition) is 2. The third kappa shape index (κ3) is 3.57. The maximum absolute atomic E-state index is 12.9. The number of benzene rings is 2. The molecule has 6 heteroatoms. The van der Waals surface area contributed by atoms with Gasteiger partial charge in [0.25, 0.3) is 0 Å². The zero-order chi connectivity index (χ0) is 14.8. The number of nitrogens with one attached hydrogen (secondary N) is 1. The Bertz CT molecular complexity index is 594. The van der Waals surface area contributed by atoms with Gasteiger partial charge in [0.15, 0.2) is 0 Å². The van der Waals surface area contributed by atoms with Crippen LogP contribution in [0.3, 0.4) is 0 Å². The predicted molar refractivity (Wildman–Crippen MR) is 74.6 cm³/mol. The largest absolute Gasteiger partial charge is 0.418 e. The molecule has 0 fully saturated rings. The van der Waals surface area contributed by atoms with Crippen molar-refractivity contribution in [3.05, 3.63) is 58.6 Å². The fourth-order valence-electron chi connectivity index (χ4n) is 1.75. The SMILES string of the molecule is Nc1ccc(NCc2ccc(Cl)cc2)c(C(F)(F)F)c1. The third-order valence-electron chi connectivity index (χ3n) is 2.75. The van der Waals surface area contributed by atoms with Crippen molar-refractivity contribution in [1.82, 2.24) is 0 Å². The molecule has 0 spiro atoms. The van der Waals surface area contributed by atoms with Crippen molar-refractivity contribution in [3.63, 3.8) is 0 Å². The van der Waals surface area contributed by atoms with Gasteiger partial charge in [-0.05, 0) is 35.9 Å². The highest BCUT2D eigenvalue weighted by molar-refractivity contribution is 6.30. The first-order chi connectivity index (χ1) is 9.36. The minimum atomic E-state index is -4.45. The molecule has 0 aliphatic rings. The van der Waals surface area contributed by atoms with E-state index in [9.17, 15) is 13.2 Å². The average molecular weight is 301 g/mol. The van der Waals surface area contributed by atoms with Crippen LogP contribution in [0.4, 0.5) is 24.5 Å². The molecular formula is C14H12ClF3N2. The monoisotopic (exact) mass is 300 g/mol. The van der Waals surface area contributed by atoms with Crippen LogP contribution in [0, 0.1) is 0 Å². The lowest BCUT2D eigenvalue weighted by atomic mass is 10.1. The van der Waals surface area contributed by atoms with E-state index < -0.39 is 11.7 Å². The van der Waals surface area contributed by atoms with Crippen molar-refractivity contribution in [2.75, 3.05) is 11.1 Å². The number of nitrogens with two attached hydrogens (primary N) is 1. The minimum absolute atomic E-state index is 0.00153. The maximum atomic E-state index is 12.9. The Hall–Kier alpha value is -1.88. The van der Waals surface area contributed by atoms with Crippen molar-refractivity contribution < 1.29 is 13.2 Å². The summed E-state index contributed by atoms with van der Waals surface area (Å²) in [5.74, 6) is 0. The van der Waals surface area contributed by atoms with Crippen molar-refractivity contribution in [2.24, 2.45) is 0 Å². The lowest BCUT2D eigenvalue weighted by Crippen LogP contribution is -2.11. The molecule has 2 nitrogen and oxygen atoms in total. The molecule has 2 aromatic rings. The van der Waals surface area contributed by atoms with Crippen molar-refractivity contribution >= 4 is 23.0 Å². The summed E-state index contributed by atoms with van der Waals surface area (Å²) in [6.45, 7) is 0.268. The number of nitrogen functional groups attached to an aromatic ring is 1. The summed E-state index contributed by atoms with van der Waals surface area (Å²) < 4.78 is 38.7. The van der Waals surface area contributed by atoms with E-state index in [0.29, 0.717) is 5.02 Å². The zero-order valence-corrected chi connectivity index (χ0v) is 11.1. The molecule has 0 atom stereocenters. The van der Waals surface area contributed by atoms with Gasteiger partial charge in [-0.3, -0.25) is 0 Å². The maximum Gasteiger partial charge on any atom is 0.418 e. The van der Waals surface area contributed by atoms with Gasteiger partial charge in [-0.25, -0.2) is 0 Å². The highest BCUT2D eigenvalue weighted by Gasteiger charge is 2.33. The summed E-state index contributed by atoms with van der Waals surface area (Å²) in [5, 5.41) is 3.34. The van der Waals surface area contributed by atoms with Gasteiger partial charge in [-0.1, -0.05) is 23.7 Å². The molecule has 0 aliphatic heterocycles. The van der Waals surface area contributed by atoms with Gasteiger partial charge in [-0.15, -0.1) is 0 Å². The lowest BCUT2D eigenvalue weighted by Gasteiger charge is -2.15. The normalized spacial score (nSPS) is 11.4. The predicted octanol–water partition coefficient (Wildman–Crippen LogP) is 4.55. The smallest absolute Gasteiger partial charge is 0.399 e. The number of halogens is 4. The molecule has 106 valence electrons. The van der Waals surface area contributed by atoms with Gasteiger partial charge >= 0.3 is 6.18 Å². The summed E-state index contributed by atoms with van der Waals surface area (Å²) in [5.41, 5.74) is 5.55. The van der Waals surface area contributed by atoms with Crippen LogP contribution in [0.1, 0.15) is 11.1 Å². The summed E-state index contributed by atoms with van der Waals surface area (Å²) >= 11 is 5.75. The lowest BCUT2D eigenvalue weighted by molar-refractivity contribution is -0.136. The van der Waals surface area contributed by atoms with Gasteiger partial charge in [0, 0.05) is 22.9 Å². The fraction of sp³-hybridized carbons (Fsp3) is 0.143. The Morgan fingerprint density at radius 2 is 1.70 bits per heavy atom. The molecule has 0 unspecified atom stereocenters. The van der Waals surface area contributed by atoms with E-state index in [2.05, 4.69) is 5.32 Å².